The number of aryl methyl sites for hydroxylation is 1. The predicted molar refractivity (Wildman–Crippen MR) is 110 cm³/mol. The molecule has 3 aromatic heterocycles. The molecule has 0 radical (unpaired) electrons. The number of carbonyl (C=O) groups excluding carboxylic acids is 1. The van der Waals surface area contributed by atoms with Crippen molar-refractivity contribution in [2.45, 2.75) is 39.5 Å². The van der Waals surface area contributed by atoms with E-state index in [9.17, 15) is 4.79 Å². The van der Waals surface area contributed by atoms with Gasteiger partial charge in [-0.15, -0.1) is 0 Å². The Bertz CT molecular complexity index is 936. The van der Waals surface area contributed by atoms with Gasteiger partial charge in [0.1, 0.15) is 0 Å². The first kappa shape index (κ1) is 19.8. The molecular weight excluding hydrogens is 354 g/mol. The van der Waals surface area contributed by atoms with Crippen molar-refractivity contribution in [2.75, 3.05) is 19.4 Å². The highest BCUT2D eigenvalue weighted by Gasteiger charge is 2.20. The van der Waals surface area contributed by atoms with Crippen LogP contribution in [0.1, 0.15) is 36.2 Å². The molecule has 1 amide bonds. The average Bonchev–Trinajstić information content (AvgIpc) is 3.14. The quantitative estimate of drug-likeness (QED) is 0.583. The Labute approximate surface area is 165 Å². The predicted octanol–water partition coefficient (Wildman–Crippen LogP) is 2.49. The molecule has 3 heterocycles. The Morgan fingerprint density at radius 2 is 1.96 bits per heavy atom. The summed E-state index contributed by atoms with van der Waals surface area (Å²) in [6, 6.07) is 3.76. The third-order valence-corrected chi connectivity index (χ3v) is 4.73. The minimum atomic E-state index is -0.174. The lowest BCUT2D eigenvalue weighted by Crippen LogP contribution is -2.35. The maximum Gasteiger partial charge on any atom is 0.255 e. The zero-order chi connectivity index (χ0) is 20.1. The van der Waals surface area contributed by atoms with Gasteiger partial charge in [0.05, 0.1) is 29.0 Å². The van der Waals surface area contributed by atoms with E-state index in [1.165, 1.54) is 0 Å². The fourth-order valence-corrected chi connectivity index (χ4v) is 3.13. The van der Waals surface area contributed by atoms with Crippen LogP contribution in [0.3, 0.4) is 0 Å². The van der Waals surface area contributed by atoms with Crippen LogP contribution < -0.4 is 10.6 Å². The van der Waals surface area contributed by atoms with Crippen LogP contribution in [0.4, 0.5) is 5.69 Å². The van der Waals surface area contributed by atoms with Crippen LogP contribution in [0.5, 0.6) is 0 Å². The summed E-state index contributed by atoms with van der Waals surface area (Å²) in [6.45, 7) is 5.27. The molecule has 148 valence electrons. The van der Waals surface area contributed by atoms with Crippen molar-refractivity contribution in [1.29, 1.82) is 0 Å². The van der Waals surface area contributed by atoms with Gasteiger partial charge in [-0.3, -0.25) is 14.7 Å². The number of aromatic nitrogens is 4. The molecule has 0 saturated carbocycles. The normalized spacial score (nSPS) is 12.3. The standard InChI is InChI=1S/C20H27N7O/c1-5-17(26(3)4)25-18-15-13-24-27(6-2)19(15)22-12-16(18)20(28)23-11-14-7-9-21-10-8-14/h7-10,12-13,17H,5-6,11H2,1-4H3,(H,22,25)(H,23,28). The number of hydrogen-bond acceptors (Lipinski definition) is 6. The van der Waals surface area contributed by atoms with Gasteiger partial charge in [-0.05, 0) is 45.1 Å². The van der Waals surface area contributed by atoms with Gasteiger partial charge in [0.25, 0.3) is 5.91 Å². The Kier molecular flexibility index (Phi) is 6.20. The van der Waals surface area contributed by atoms with Gasteiger partial charge in [-0.2, -0.15) is 5.10 Å². The Morgan fingerprint density at radius 3 is 2.61 bits per heavy atom. The van der Waals surface area contributed by atoms with Crippen LogP contribution in [0.2, 0.25) is 0 Å². The minimum Gasteiger partial charge on any atom is -0.368 e. The summed E-state index contributed by atoms with van der Waals surface area (Å²) >= 11 is 0. The van der Waals surface area contributed by atoms with E-state index in [0.29, 0.717) is 18.7 Å². The first-order valence-corrected chi connectivity index (χ1v) is 9.49. The number of amides is 1. The maximum absolute atomic E-state index is 13.0. The van der Waals surface area contributed by atoms with Crippen LogP contribution >= 0.6 is 0 Å². The zero-order valence-electron chi connectivity index (χ0n) is 16.8. The van der Waals surface area contributed by atoms with E-state index in [-0.39, 0.29) is 12.1 Å². The van der Waals surface area contributed by atoms with Crippen LogP contribution in [-0.4, -0.2) is 50.8 Å². The molecule has 0 aromatic carbocycles. The van der Waals surface area contributed by atoms with E-state index in [4.69, 9.17) is 0 Å². The molecular formula is C20H27N7O. The molecule has 1 unspecified atom stereocenters. The maximum atomic E-state index is 13.0. The first-order chi connectivity index (χ1) is 13.5. The van der Waals surface area contributed by atoms with Crippen molar-refractivity contribution in [3.05, 3.63) is 48.0 Å². The number of pyridine rings is 2. The number of rotatable bonds is 8. The van der Waals surface area contributed by atoms with Crippen LogP contribution in [0.25, 0.3) is 11.0 Å². The fourth-order valence-electron chi connectivity index (χ4n) is 3.13. The Hall–Kier alpha value is -3.00. The molecule has 28 heavy (non-hydrogen) atoms. The highest BCUT2D eigenvalue weighted by atomic mass is 16.1. The molecule has 0 fully saturated rings. The highest BCUT2D eigenvalue weighted by molar-refractivity contribution is 6.06. The smallest absolute Gasteiger partial charge is 0.255 e. The van der Waals surface area contributed by atoms with Gasteiger partial charge in [-0.1, -0.05) is 6.92 Å². The van der Waals surface area contributed by atoms with Crippen molar-refractivity contribution in [3.8, 4) is 0 Å². The third-order valence-electron chi connectivity index (χ3n) is 4.73. The topological polar surface area (TPSA) is 88.0 Å². The summed E-state index contributed by atoms with van der Waals surface area (Å²) < 4.78 is 1.83. The van der Waals surface area contributed by atoms with Gasteiger partial charge < -0.3 is 10.6 Å². The molecule has 0 aliphatic carbocycles. The second-order valence-electron chi connectivity index (χ2n) is 6.81. The molecule has 8 heteroatoms. The van der Waals surface area contributed by atoms with Crippen LogP contribution in [0, 0.1) is 0 Å². The molecule has 0 spiro atoms. The molecule has 0 aliphatic rings. The van der Waals surface area contributed by atoms with Gasteiger partial charge >= 0.3 is 0 Å². The summed E-state index contributed by atoms with van der Waals surface area (Å²) in [6.07, 6.45) is 7.80. The zero-order valence-corrected chi connectivity index (χ0v) is 16.8. The lowest BCUT2D eigenvalue weighted by atomic mass is 10.1. The average molecular weight is 381 g/mol. The SMILES string of the molecule is CCC(Nc1c(C(=O)NCc2ccncc2)cnc2c1cnn2CC)N(C)C. The molecule has 2 N–H and O–H groups in total. The lowest BCUT2D eigenvalue weighted by Gasteiger charge is -2.26. The van der Waals surface area contributed by atoms with Crippen molar-refractivity contribution in [2.24, 2.45) is 0 Å². The van der Waals surface area contributed by atoms with Gasteiger partial charge in [-0.25, -0.2) is 9.67 Å². The van der Waals surface area contributed by atoms with E-state index >= 15 is 0 Å². The molecule has 3 aromatic rings. The highest BCUT2D eigenvalue weighted by Crippen LogP contribution is 2.27. The van der Waals surface area contributed by atoms with E-state index in [0.717, 1.165) is 28.7 Å². The summed E-state index contributed by atoms with van der Waals surface area (Å²) in [5.74, 6) is -0.174. The lowest BCUT2D eigenvalue weighted by molar-refractivity contribution is 0.0951. The Morgan fingerprint density at radius 1 is 1.21 bits per heavy atom. The molecule has 0 saturated heterocycles. The van der Waals surface area contributed by atoms with E-state index in [1.54, 1.807) is 24.8 Å². The van der Waals surface area contributed by atoms with Crippen molar-refractivity contribution in [1.82, 2.24) is 30.0 Å². The summed E-state index contributed by atoms with van der Waals surface area (Å²) in [7, 11) is 4.02. The minimum absolute atomic E-state index is 0.0855. The number of nitrogens with one attached hydrogen (secondary N) is 2. The number of fused-ring (bicyclic) bond motifs is 1. The van der Waals surface area contributed by atoms with E-state index in [1.807, 2.05) is 37.8 Å². The van der Waals surface area contributed by atoms with Gasteiger partial charge in [0.15, 0.2) is 5.65 Å². The second-order valence-corrected chi connectivity index (χ2v) is 6.81. The first-order valence-electron chi connectivity index (χ1n) is 9.49. The van der Waals surface area contributed by atoms with Crippen molar-refractivity contribution < 1.29 is 4.79 Å². The fraction of sp³-hybridized carbons (Fsp3) is 0.400. The van der Waals surface area contributed by atoms with Crippen molar-refractivity contribution in [3.63, 3.8) is 0 Å². The number of carbonyl (C=O) groups is 1. The van der Waals surface area contributed by atoms with E-state index < -0.39 is 0 Å². The monoisotopic (exact) mass is 381 g/mol. The molecule has 0 aliphatic heterocycles. The molecule has 8 nitrogen and oxygen atoms in total. The van der Waals surface area contributed by atoms with E-state index in [2.05, 4.69) is 37.5 Å². The summed E-state index contributed by atoms with van der Waals surface area (Å²) in [5, 5.41) is 11.7. The third kappa shape index (κ3) is 4.12. The van der Waals surface area contributed by atoms with Crippen molar-refractivity contribution >= 4 is 22.6 Å². The van der Waals surface area contributed by atoms with Crippen LogP contribution in [0.15, 0.2) is 36.9 Å². The van der Waals surface area contributed by atoms with Gasteiger partial charge in [0.2, 0.25) is 0 Å². The molecule has 0 bridgehead atoms. The van der Waals surface area contributed by atoms with Crippen LogP contribution in [-0.2, 0) is 13.1 Å². The number of hydrogen-bond donors (Lipinski definition) is 2. The largest absolute Gasteiger partial charge is 0.368 e. The van der Waals surface area contributed by atoms with Gasteiger partial charge in [0, 0.05) is 31.7 Å². The number of anilines is 1. The molecule has 3 rings (SSSR count). The number of nitrogens with zero attached hydrogens (tertiary/aromatic N) is 5. The second kappa shape index (κ2) is 8.79. The summed E-state index contributed by atoms with van der Waals surface area (Å²) in [5.41, 5.74) is 3.03. The Balaban J connectivity index is 1.95. The molecule has 1 atom stereocenters. The summed E-state index contributed by atoms with van der Waals surface area (Å²) in [4.78, 5) is 23.5.